The van der Waals surface area contributed by atoms with Crippen LogP contribution in [0.5, 0.6) is 5.75 Å². The molecule has 1 heterocycles. The first-order chi connectivity index (χ1) is 9.27. The SMILES string of the molecule is O=C(O)c1ncccc1OCCSc1ccccc1. The molecular weight excluding hydrogens is 262 g/mol. The number of nitrogens with zero attached hydrogens (tertiary/aromatic N) is 1. The largest absolute Gasteiger partial charge is 0.490 e. The molecule has 0 amide bonds. The van der Waals surface area contributed by atoms with Gasteiger partial charge in [-0.15, -0.1) is 11.8 Å². The average molecular weight is 275 g/mol. The standard InChI is InChI=1S/C14H13NO3S/c16-14(17)13-12(7-4-8-15-13)18-9-10-19-11-5-2-1-3-6-11/h1-8H,9-10H2,(H,16,17). The number of aromatic nitrogens is 1. The highest BCUT2D eigenvalue weighted by Crippen LogP contribution is 2.19. The molecule has 19 heavy (non-hydrogen) atoms. The van der Waals surface area contributed by atoms with E-state index >= 15 is 0 Å². The minimum absolute atomic E-state index is 0.0489. The Morgan fingerprint density at radius 1 is 1.21 bits per heavy atom. The Morgan fingerprint density at radius 2 is 2.00 bits per heavy atom. The third-order valence-corrected chi connectivity index (χ3v) is 3.30. The van der Waals surface area contributed by atoms with Crippen molar-refractivity contribution in [2.75, 3.05) is 12.4 Å². The van der Waals surface area contributed by atoms with Crippen molar-refractivity contribution in [3.8, 4) is 5.75 Å². The molecule has 0 bridgehead atoms. The van der Waals surface area contributed by atoms with Gasteiger partial charge < -0.3 is 9.84 Å². The highest BCUT2D eigenvalue weighted by atomic mass is 32.2. The summed E-state index contributed by atoms with van der Waals surface area (Å²) in [7, 11) is 0. The Balaban J connectivity index is 1.85. The highest BCUT2D eigenvalue weighted by Gasteiger charge is 2.11. The van der Waals surface area contributed by atoms with Gasteiger partial charge in [-0.3, -0.25) is 0 Å². The second-order valence-corrected chi connectivity index (χ2v) is 4.83. The van der Waals surface area contributed by atoms with Crippen molar-refractivity contribution >= 4 is 17.7 Å². The minimum Gasteiger partial charge on any atom is -0.490 e. The molecule has 0 aliphatic heterocycles. The molecule has 0 spiro atoms. The van der Waals surface area contributed by atoms with E-state index in [0.29, 0.717) is 12.4 Å². The van der Waals surface area contributed by atoms with E-state index in [1.54, 1.807) is 23.9 Å². The molecule has 2 rings (SSSR count). The van der Waals surface area contributed by atoms with Crippen molar-refractivity contribution in [1.82, 2.24) is 4.98 Å². The summed E-state index contributed by atoms with van der Waals surface area (Å²) < 4.78 is 5.46. The van der Waals surface area contributed by atoms with Crippen LogP contribution in [0.15, 0.2) is 53.6 Å². The van der Waals surface area contributed by atoms with Gasteiger partial charge in [-0.05, 0) is 24.3 Å². The smallest absolute Gasteiger partial charge is 0.358 e. The molecule has 0 saturated carbocycles. The van der Waals surface area contributed by atoms with Crippen LogP contribution in [0.25, 0.3) is 0 Å². The van der Waals surface area contributed by atoms with Gasteiger partial charge in [-0.1, -0.05) is 18.2 Å². The number of thioether (sulfide) groups is 1. The van der Waals surface area contributed by atoms with E-state index in [9.17, 15) is 4.79 Å². The molecule has 0 aliphatic rings. The quantitative estimate of drug-likeness (QED) is 0.648. The van der Waals surface area contributed by atoms with Gasteiger partial charge in [0.2, 0.25) is 0 Å². The van der Waals surface area contributed by atoms with Gasteiger partial charge in [0.1, 0.15) is 0 Å². The molecule has 5 heteroatoms. The van der Waals surface area contributed by atoms with Gasteiger partial charge in [-0.2, -0.15) is 0 Å². The molecule has 0 unspecified atom stereocenters. The number of aromatic carboxylic acids is 1. The lowest BCUT2D eigenvalue weighted by atomic mass is 10.3. The molecule has 98 valence electrons. The van der Waals surface area contributed by atoms with Crippen LogP contribution >= 0.6 is 11.8 Å². The monoisotopic (exact) mass is 275 g/mol. The molecule has 1 aromatic heterocycles. The molecule has 0 saturated heterocycles. The Bertz CT molecular complexity index is 545. The van der Waals surface area contributed by atoms with E-state index < -0.39 is 5.97 Å². The normalized spacial score (nSPS) is 10.1. The predicted octanol–water partition coefficient (Wildman–Crippen LogP) is 2.95. The molecule has 0 radical (unpaired) electrons. The van der Waals surface area contributed by atoms with Gasteiger partial charge in [0, 0.05) is 16.8 Å². The van der Waals surface area contributed by atoms with Crippen molar-refractivity contribution in [3.05, 3.63) is 54.4 Å². The van der Waals surface area contributed by atoms with Crippen molar-refractivity contribution in [1.29, 1.82) is 0 Å². The first-order valence-electron chi connectivity index (χ1n) is 5.76. The van der Waals surface area contributed by atoms with Crippen LogP contribution in [0.3, 0.4) is 0 Å². The molecule has 1 N–H and O–H groups in total. The second-order valence-electron chi connectivity index (χ2n) is 3.67. The first-order valence-corrected chi connectivity index (χ1v) is 6.75. The number of carboxylic acid groups (broad SMARTS) is 1. The molecule has 4 nitrogen and oxygen atoms in total. The summed E-state index contributed by atoms with van der Waals surface area (Å²) in [6, 6.07) is 13.2. The first kappa shape index (κ1) is 13.4. The van der Waals surface area contributed by atoms with E-state index in [0.717, 1.165) is 10.6 Å². The Hall–Kier alpha value is -2.01. The predicted molar refractivity (Wildman–Crippen MR) is 73.9 cm³/mol. The zero-order valence-corrected chi connectivity index (χ0v) is 11.0. The summed E-state index contributed by atoms with van der Waals surface area (Å²) in [4.78, 5) is 15.9. The fraction of sp³-hybridized carbons (Fsp3) is 0.143. The Kier molecular flexibility index (Phi) is 4.80. The number of pyridine rings is 1. The van der Waals surface area contributed by atoms with Crippen LogP contribution in [0.2, 0.25) is 0 Å². The molecule has 0 atom stereocenters. The fourth-order valence-corrected chi connectivity index (χ4v) is 2.25. The lowest BCUT2D eigenvalue weighted by molar-refractivity contribution is 0.0685. The van der Waals surface area contributed by atoms with Gasteiger partial charge in [0.25, 0.3) is 0 Å². The second kappa shape index (κ2) is 6.80. The van der Waals surface area contributed by atoms with Gasteiger partial charge in [0.05, 0.1) is 6.61 Å². The lowest BCUT2D eigenvalue weighted by Gasteiger charge is -2.07. The third-order valence-electron chi connectivity index (χ3n) is 2.33. The fourth-order valence-electron chi connectivity index (χ4n) is 1.50. The Labute approximate surface area is 115 Å². The summed E-state index contributed by atoms with van der Waals surface area (Å²) in [5.41, 5.74) is -0.0489. The van der Waals surface area contributed by atoms with Crippen molar-refractivity contribution in [2.24, 2.45) is 0 Å². The number of ether oxygens (including phenoxy) is 1. The van der Waals surface area contributed by atoms with Gasteiger partial charge in [-0.25, -0.2) is 9.78 Å². The van der Waals surface area contributed by atoms with E-state index in [1.165, 1.54) is 6.20 Å². The van der Waals surface area contributed by atoms with Crippen LogP contribution in [-0.2, 0) is 0 Å². The van der Waals surface area contributed by atoms with E-state index in [4.69, 9.17) is 9.84 Å². The van der Waals surface area contributed by atoms with E-state index in [2.05, 4.69) is 4.98 Å². The number of hydrogen-bond donors (Lipinski definition) is 1. The van der Waals surface area contributed by atoms with Crippen molar-refractivity contribution < 1.29 is 14.6 Å². The van der Waals surface area contributed by atoms with Crippen LogP contribution in [0, 0.1) is 0 Å². The summed E-state index contributed by atoms with van der Waals surface area (Å²) in [5, 5.41) is 8.95. The van der Waals surface area contributed by atoms with Crippen LogP contribution in [0.1, 0.15) is 10.5 Å². The van der Waals surface area contributed by atoms with Gasteiger partial charge in [0.15, 0.2) is 11.4 Å². The Morgan fingerprint density at radius 3 is 2.74 bits per heavy atom. The number of carboxylic acids is 1. The number of carbonyl (C=O) groups is 1. The zero-order chi connectivity index (χ0) is 13.5. The molecule has 1 aromatic carbocycles. The maximum Gasteiger partial charge on any atom is 0.358 e. The zero-order valence-electron chi connectivity index (χ0n) is 10.2. The van der Waals surface area contributed by atoms with E-state index in [-0.39, 0.29) is 5.69 Å². The van der Waals surface area contributed by atoms with Crippen molar-refractivity contribution in [3.63, 3.8) is 0 Å². The molecule has 0 fully saturated rings. The maximum absolute atomic E-state index is 10.9. The number of hydrogen-bond acceptors (Lipinski definition) is 4. The van der Waals surface area contributed by atoms with Crippen LogP contribution in [0.4, 0.5) is 0 Å². The van der Waals surface area contributed by atoms with Crippen LogP contribution < -0.4 is 4.74 Å². The van der Waals surface area contributed by atoms with Crippen LogP contribution in [-0.4, -0.2) is 28.4 Å². The summed E-state index contributed by atoms with van der Waals surface area (Å²) in [6.07, 6.45) is 1.44. The summed E-state index contributed by atoms with van der Waals surface area (Å²) >= 11 is 1.66. The summed E-state index contributed by atoms with van der Waals surface area (Å²) in [6.45, 7) is 0.436. The number of rotatable bonds is 6. The third kappa shape index (κ3) is 3.99. The maximum atomic E-state index is 10.9. The average Bonchev–Trinajstić information content (AvgIpc) is 2.45. The highest BCUT2D eigenvalue weighted by molar-refractivity contribution is 7.99. The molecule has 0 aliphatic carbocycles. The number of benzene rings is 1. The van der Waals surface area contributed by atoms with E-state index in [1.807, 2.05) is 30.3 Å². The molecular formula is C14H13NO3S. The minimum atomic E-state index is -1.08. The topological polar surface area (TPSA) is 59.4 Å². The lowest BCUT2D eigenvalue weighted by Crippen LogP contribution is -2.07. The molecule has 2 aromatic rings. The van der Waals surface area contributed by atoms with Crippen molar-refractivity contribution in [2.45, 2.75) is 4.90 Å². The van der Waals surface area contributed by atoms with Gasteiger partial charge >= 0.3 is 5.97 Å². The summed E-state index contributed by atoms with van der Waals surface area (Å²) in [5.74, 6) is -0.0206.